The maximum Gasteiger partial charge on any atom is 0.310 e. The third kappa shape index (κ3) is 4.60. The molecule has 5 heteroatoms. The van der Waals surface area contributed by atoms with E-state index in [9.17, 15) is 9.59 Å². The van der Waals surface area contributed by atoms with Gasteiger partial charge in [0.25, 0.3) is 5.91 Å². The van der Waals surface area contributed by atoms with Gasteiger partial charge in [-0.2, -0.15) is 0 Å². The number of amides is 1. The first-order chi connectivity index (χ1) is 10.1. The molecule has 0 unspecified atom stereocenters. The van der Waals surface area contributed by atoms with E-state index in [2.05, 4.69) is 11.4 Å². The molecular formula is C16H18ClNO3. The smallest absolute Gasteiger partial charge is 0.310 e. The Labute approximate surface area is 129 Å². The molecule has 0 aromatic heterocycles. The Balaban J connectivity index is 1.85. The van der Waals surface area contributed by atoms with Crippen molar-refractivity contribution >= 4 is 29.2 Å². The van der Waals surface area contributed by atoms with Gasteiger partial charge in [0.15, 0.2) is 6.10 Å². The number of carbonyl (C=O) groups is 2. The zero-order chi connectivity index (χ0) is 15.2. The van der Waals surface area contributed by atoms with Crippen molar-refractivity contribution in [3.63, 3.8) is 0 Å². The maximum atomic E-state index is 12.0. The van der Waals surface area contributed by atoms with Crippen LogP contribution in [-0.2, 0) is 14.3 Å². The van der Waals surface area contributed by atoms with Gasteiger partial charge in [-0.1, -0.05) is 23.8 Å². The van der Waals surface area contributed by atoms with E-state index >= 15 is 0 Å². The summed E-state index contributed by atoms with van der Waals surface area (Å²) in [5.41, 5.74) is 0.618. The lowest BCUT2D eigenvalue weighted by Crippen LogP contribution is -2.32. The summed E-state index contributed by atoms with van der Waals surface area (Å²) < 4.78 is 5.24. The van der Waals surface area contributed by atoms with Gasteiger partial charge in [0.1, 0.15) is 0 Å². The first kappa shape index (κ1) is 15.6. The highest BCUT2D eigenvalue weighted by Gasteiger charge is 2.24. The van der Waals surface area contributed by atoms with Gasteiger partial charge in [-0.05, 0) is 50.5 Å². The molecular weight excluding hydrogens is 290 g/mol. The third-order valence-corrected chi connectivity index (χ3v) is 3.63. The molecule has 0 saturated heterocycles. The Kier molecular flexibility index (Phi) is 5.39. The molecule has 1 N–H and O–H groups in total. The van der Waals surface area contributed by atoms with Crippen LogP contribution >= 0.6 is 11.6 Å². The van der Waals surface area contributed by atoms with E-state index in [0.29, 0.717) is 17.1 Å². The molecule has 1 amide bonds. The van der Waals surface area contributed by atoms with Crippen LogP contribution in [0.1, 0.15) is 26.2 Å². The lowest BCUT2D eigenvalue weighted by Gasteiger charge is -2.19. The van der Waals surface area contributed by atoms with Crippen LogP contribution in [0.4, 0.5) is 5.69 Å². The van der Waals surface area contributed by atoms with E-state index < -0.39 is 6.10 Å². The van der Waals surface area contributed by atoms with Gasteiger partial charge in [0.05, 0.1) is 5.92 Å². The second-order valence-electron chi connectivity index (χ2n) is 5.06. The number of anilines is 1. The van der Waals surface area contributed by atoms with Crippen molar-refractivity contribution in [2.75, 3.05) is 5.32 Å². The van der Waals surface area contributed by atoms with Crippen LogP contribution < -0.4 is 5.32 Å². The van der Waals surface area contributed by atoms with E-state index in [4.69, 9.17) is 16.3 Å². The van der Waals surface area contributed by atoms with Gasteiger partial charge in [0, 0.05) is 10.7 Å². The van der Waals surface area contributed by atoms with Crippen LogP contribution in [0.25, 0.3) is 0 Å². The summed E-state index contributed by atoms with van der Waals surface area (Å²) in [5, 5.41) is 3.28. The molecule has 21 heavy (non-hydrogen) atoms. The quantitative estimate of drug-likeness (QED) is 0.683. The van der Waals surface area contributed by atoms with Crippen molar-refractivity contribution in [1.29, 1.82) is 0 Å². The second kappa shape index (κ2) is 7.27. The molecule has 112 valence electrons. The topological polar surface area (TPSA) is 55.4 Å². The minimum Gasteiger partial charge on any atom is -0.452 e. The molecule has 1 aromatic carbocycles. The van der Waals surface area contributed by atoms with Gasteiger partial charge in [-0.15, -0.1) is 0 Å². The fourth-order valence-corrected chi connectivity index (χ4v) is 2.23. The number of allylic oxidation sites excluding steroid dienone is 2. The largest absolute Gasteiger partial charge is 0.452 e. The van der Waals surface area contributed by atoms with Crippen LogP contribution in [0.5, 0.6) is 0 Å². The first-order valence-corrected chi connectivity index (χ1v) is 7.36. The van der Waals surface area contributed by atoms with E-state index in [-0.39, 0.29) is 17.8 Å². The Morgan fingerprint density at radius 1 is 1.29 bits per heavy atom. The number of carbonyl (C=O) groups excluding carboxylic acids is 2. The van der Waals surface area contributed by atoms with Gasteiger partial charge >= 0.3 is 5.97 Å². The van der Waals surface area contributed by atoms with E-state index in [1.807, 2.05) is 6.08 Å². The number of esters is 1. The predicted octanol–water partition coefficient (Wildman–Crippen LogP) is 3.57. The molecule has 0 radical (unpaired) electrons. The standard InChI is InChI=1S/C16H18ClNO3/c1-11(21-16(20)12-5-3-2-4-6-12)15(19)18-14-9-7-13(17)8-10-14/h2-3,7-12H,4-6H2,1H3,(H,18,19)/t11-,12-/m1/s1. The monoisotopic (exact) mass is 307 g/mol. The molecule has 0 saturated carbocycles. The number of nitrogens with one attached hydrogen (secondary N) is 1. The fraction of sp³-hybridized carbons (Fsp3) is 0.375. The highest BCUT2D eigenvalue weighted by Crippen LogP contribution is 2.20. The Morgan fingerprint density at radius 2 is 2.00 bits per heavy atom. The Bertz CT molecular complexity index is 539. The first-order valence-electron chi connectivity index (χ1n) is 6.98. The van der Waals surface area contributed by atoms with Crippen LogP contribution in [0.3, 0.4) is 0 Å². The highest BCUT2D eigenvalue weighted by atomic mass is 35.5. The fourth-order valence-electron chi connectivity index (χ4n) is 2.11. The summed E-state index contributed by atoms with van der Waals surface area (Å²) in [6.07, 6.45) is 5.56. The van der Waals surface area contributed by atoms with Crippen molar-refractivity contribution < 1.29 is 14.3 Å². The van der Waals surface area contributed by atoms with Gasteiger partial charge in [-0.3, -0.25) is 9.59 Å². The number of hydrogen-bond donors (Lipinski definition) is 1. The van der Waals surface area contributed by atoms with E-state index in [0.717, 1.165) is 12.8 Å². The summed E-state index contributed by atoms with van der Waals surface area (Å²) in [6, 6.07) is 6.76. The number of hydrogen-bond acceptors (Lipinski definition) is 3. The number of halogens is 1. The number of ether oxygens (including phenoxy) is 1. The minimum atomic E-state index is -0.820. The average Bonchev–Trinajstić information content (AvgIpc) is 2.50. The van der Waals surface area contributed by atoms with Gasteiger partial charge in [-0.25, -0.2) is 0 Å². The Morgan fingerprint density at radius 3 is 2.62 bits per heavy atom. The van der Waals surface area contributed by atoms with Crippen molar-refractivity contribution in [1.82, 2.24) is 0 Å². The van der Waals surface area contributed by atoms with E-state index in [1.165, 1.54) is 0 Å². The maximum absolute atomic E-state index is 12.0. The molecule has 2 atom stereocenters. The lowest BCUT2D eigenvalue weighted by atomic mass is 9.95. The van der Waals surface area contributed by atoms with E-state index in [1.54, 1.807) is 31.2 Å². The summed E-state index contributed by atoms with van der Waals surface area (Å²) in [7, 11) is 0. The van der Waals surface area contributed by atoms with Gasteiger partial charge < -0.3 is 10.1 Å². The third-order valence-electron chi connectivity index (χ3n) is 3.38. The SMILES string of the molecule is C[C@@H](OC(=O)[C@@H]1CC=CCC1)C(=O)Nc1ccc(Cl)cc1. The minimum absolute atomic E-state index is 0.138. The molecule has 0 aliphatic heterocycles. The van der Waals surface area contributed by atoms with Gasteiger partial charge in [0.2, 0.25) is 0 Å². The molecule has 0 bridgehead atoms. The van der Waals surface area contributed by atoms with Crippen molar-refractivity contribution in [2.24, 2.45) is 5.92 Å². The van der Waals surface area contributed by atoms with Crippen LogP contribution in [0.15, 0.2) is 36.4 Å². The predicted molar refractivity (Wildman–Crippen MR) is 82.1 cm³/mol. The van der Waals surface area contributed by atoms with Crippen LogP contribution in [-0.4, -0.2) is 18.0 Å². The zero-order valence-corrected chi connectivity index (χ0v) is 12.6. The van der Waals surface area contributed by atoms with Crippen LogP contribution in [0.2, 0.25) is 5.02 Å². The normalized spacial score (nSPS) is 18.9. The summed E-state index contributed by atoms with van der Waals surface area (Å²) >= 11 is 5.78. The molecule has 1 aromatic rings. The van der Waals surface area contributed by atoms with Crippen molar-refractivity contribution in [3.05, 3.63) is 41.4 Å². The molecule has 1 aliphatic rings. The summed E-state index contributed by atoms with van der Waals surface area (Å²) in [5.74, 6) is -0.795. The molecule has 2 rings (SSSR count). The van der Waals surface area contributed by atoms with Crippen LogP contribution in [0, 0.1) is 5.92 Å². The molecule has 0 spiro atoms. The van der Waals surface area contributed by atoms with Crippen molar-refractivity contribution in [3.8, 4) is 0 Å². The lowest BCUT2D eigenvalue weighted by molar-refractivity contribution is -0.157. The number of rotatable bonds is 4. The molecule has 0 heterocycles. The molecule has 1 aliphatic carbocycles. The molecule has 4 nitrogen and oxygen atoms in total. The average molecular weight is 308 g/mol. The summed E-state index contributed by atoms with van der Waals surface area (Å²) in [4.78, 5) is 23.9. The van der Waals surface area contributed by atoms with Crippen molar-refractivity contribution in [2.45, 2.75) is 32.3 Å². The zero-order valence-electron chi connectivity index (χ0n) is 11.8. The summed E-state index contributed by atoms with van der Waals surface area (Å²) in [6.45, 7) is 1.57. The Hall–Kier alpha value is -1.81. The number of benzene rings is 1. The highest BCUT2D eigenvalue weighted by molar-refractivity contribution is 6.30. The second-order valence-corrected chi connectivity index (χ2v) is 5.49. The molecule has 0 fully saturated rings.